The van der Waals surface area contributed by atoms with Gasteiger partial charge in [-0.25, -0.2) is 0 Å². The molecule has 136 valence electrons. The van der Waals surface area contributed by atoms with Gasteiger partial charge in [0.25, 0.3) is 0 Å². The van der Waals surface area contributed by atoms with Crippen LogP contribution in [0.2, 0.25) is 0 Å². The fraction of sp³-hybridized carbons (Fsp3) is 0.650. The van der Waals surface area contributed by atoms with E-state index in [1.165, 1.54) is 19.3 Å². The smallest absolute Gasteiger partial charge is 0.225 e. The van der Waals surface area contributed by atoms with Gasteiger partial charge in [0.1, 0.15) is 5.75 Å². The summed E-state index contributed by atoms with van der Waals surface area (Å²) in [6, 6.07) is 7.90. The molecule has 0 fully saturated rings. The van der Waals surface area contributed by atoms with Crippen LogP contribution in [0, 0.1) is 0 Å². The Morgan fingerprint density at radius 2 is 1.75 bits per heavy atom. The number of hydrogen-bond donors (Lipinski definition) is 1. The van der Waals surface area contributed by atoms with Crippen LogP contribution in [0.5, 0.6) is 5.75 Å². The average molecular weight is 335 g/mol. The quantitative estimate of drug-likeness (QED) is 0.563. The van der Waals surface area contributed by atoms with Gasteiger partial charge in [-0.1, -0.05) is 40.0 Å². The van der Waals surface area contributed by atoms with Gasteiger partial charge < -0.3 is 15.0 Å². The van der Waals surface area contributed by atoms with E-state index in [1.54, 1.807) is 0 Å². The molecular weight excluding hydrogens is 300 g/mol. The summed E-state index contributed by atoms with van der Waals surface area (Å²) in [6.07, 6.45) is 5.28. The molecule has 4 heteroatoms. The molecule has 0 heterocycles. The van der Waals surface area contributed by atoms with E-state index in [9.17, 15) is 4.79 Å². The number of unbranched alkanes of at least 4 members (excludes halogenated alkanes) is 2. The van der Waals surface area contributed by atoms with Crippen LogP contribution >= 0.6 is 0 Å². The Labute approximate surface area is 147 Å². The van der Waals surface area contributed by atoms with Crippen LogP contribution in [0.1, 0.15) is 59.8 Å². The maximum Gasteiger partial charge on any atom is 0.225 e. The van der Waals surface area contributed by atoms with Crippen molar-refractivity contribution in [2.24, 2.45) is 0 Å². The molecule has 0 radical (unpaired) electrons. The molecule has 0 saturated carbocycles. The van der Waals surface area contributed by atoms with Crippen molar-refractivity contribution < 1.29 is 9.53 Å². The molecule has 1 rings (SSSR count). The molecule has 4 nitrogen and oxygen atoms in total. The minimum atomic E-state index is 0.0903. The molecule has 0 aliphatic rings. The minimum absolute atomic E-state index is 0.0903. The number of benzene rings is 1. The van der Waals surface area contributed by atoms with E-state index < -0.39 is 0 Å². The van der Waals surface area contributed by atoms with Crippen LogP contribution in [0.4, 0.5) is 5.69 Å². The van der Waals surface area contributed by atoms with Crippen LogP contribution in [-0.2, 0) is 4.79 Å². The SMILES string of the molecule is CCCCCC(CC(=O)Nc1ccc(OCC)cc1)N(CC)CC. The Bertz CT molecular complexity index is 455. The zero-order valence-electron chi connectivity index (χ0n) is 15.8. The largest absolute Gasteiger partial charge is 0.494 e. The van der Waals surface area contributed by atoms with Crippen LogP contribution in [0.25, 0.3) is 0 Å². The first-order chi connectivity index (χ1) is 11.6. The number of nitrogens with one attached hydrogen (secondary N) is 1. The van der Waals surface area contributed by atoms with Gasteiger partial charge in [-0.15, -0.1) is 0 Å². The van der Waals surface area contributed by atoms with Crippen molar-refractivity contribution in [3.63, 3.8) is 0 Å². The summed E-state index contributed by atoms with van der Waals surface area (Å²) in [7, 11) is 0. The third-order valence-corrected chi connectivity index (χ3v) is 4.34. The molecular formula is C20H34N2O2. The van der Waals surface area contributed by atoms with E-state index in [-0.39, 0.29) is 5.91 Å². The number of carbonyl (C=O) groups excluding carboxylic acids is 1. The van der Waals surface area contributed by atoms with Gasteiger partial charge in [0, 0.05) is 18.2 Å². The van der Waals surface area contributed by atoms with Crippen molar-refractivity contribution in [2.75, 3.05) is 25.0 Å². The Hall–Kier alpha value is -1.55. The highest BCUT2D eigenvalue weighted by Gasteiger charge is 2.19. The summed E-state index contributed by atoms with van der Waals surface area (Å²) in [5, 5.41) is 3.01. The third kappa shape index (κ3) is 7.35. The topological polar surface area (TPSA) is 41.6 Å². The van der Waals surface area contributed by atoms with Crippen molar-refractivity contribution >= 4 is 11.6 Å². The number of rotatable bonds is 12. The zero-order chi connectivity index (χ0) is 17.8. The van der Waals surface area contributed by atoms with E-state index in [2.05, 4.69) is 31.0 Å². The van der Waals surface area contributed by atoms with Crippen LogP contribution in [0.3, 0.4) is 0 Å². The second kappa shape index (κ2) is 11.9. The van der Waals surface area contributed by atoms with Crippen molar-refractivity contribution in [1.82, 2.24) is 4.90 Å². The lowest BCUT2D eigenvalue weighted by molar-refractivity contribution is -0.117. The molecule has 0 bridgehead atoms. The molecule has 1 amide bonds. The average Bonchev–Trinajstić information content (AvgIpc) is 2.58. The molecule has 0 aliphatic heterocycles. The summed E-state index contributed by atoms with van der Waals surface area (Å²) in [5.74, 6) is 0.920. The zero-order valence-corrected chi connectivity index (χ0v) is 15.8. The van der Waals surface area contributed by atoms with E-state index >= 15 is 0 Å². The summed E-state index contributed by atoms with van der Waals surface area (Å²) < 4.78 is 5.43. The first-order valence-electron chi connectivity index (χ1n) is 9.41. The fourth-order valence-corrected chi connectivity index (χ4v) is 3.01. The van der Waals surface area contributed by atoms with Crippen molar-refractivity contribution in [1.29, 1.82) is 0 Å². The van der Waals surface area contributed by atoms with Gasteiger partial charge >= 0.3 is 0 Å². The minimum Gasteiger partial charge on any atom is -0.494 e. The molecule has 1 unspecified atom stereocenters. The standard InChI is InChI=1S/C20H34N2O2/c1-5-9-10-11-18(22(6-2)7-3)16-20(23)21-17-12-14-19(15-13-17)24-8-4/h12-15,18H,5-11,16H2,1-4H3,(H,21,23). The van der Waals surface area contributed by atoms with Crippen LogP contribution < -0.4 is 10.1 Å². The normalized spacial score (nSPS) is 12.2. The van der Waals surface area contributed by atoms with Crippen molar-refractivity contribution in [2.45, 2.75) is 65.8 Å². The second-order valence-electron chi connectivity index (χ2n) is 6.08. The Morgan fingerprint density at radius 3 is 2.29 bits per heavy atom. The molecule has 1 atom stereocenters. The predicted octanol–water partition coefficient (Wildman–Crippen LogP) is 4.70. The second-order valence-corrected chi connectivity index (χ2v) is 6.08. The Morgan fingerprint density at radius 1 is 1.08 bits per heavy atom. The van der Waals surface area contributed by atoms with Crippen molar-refractivity contribution in [3.8, 4) is 5.75 Å². The highest BCUT2D eigenvalue weighted by Crippen LogP contribution is 2.18. The van der Waals surface area contributed by atoms with Crippen LogP contribution in [0.15, 0.2) is 24.3 Å². The first kappa shape index (κ1) is 20.5. The van der Waals surface area contributed by atoms with E-state index in [0.29, 0.717) is 19.1 Å². The Kier molecular flexibility index (Phi) is 10.2. The lowest BCUT2D eigenvalue weighted by Gasteiger charge is -2.29. The highest BCUT2D eigenvalue weighted by molar-refractivity contribution is 5.91. The van der Waals surface area contributed by atoms with Gasteiger partial charge in [0.15, 0.2) is 0 Å². The summed E-state index contributed by atoms with van der Waals surface area (Å²) in [4.78, 5) is 14.8. The van der Waals surface area contributed by atoms with Gasteiger partial charge in [-0.3, -0.25) is 4.79 Å². The van der Waals surface area contributed by atoms with Gasteiger partial charge in [0.2, 0.25) is 5.91 Å². The van der Waals surface area contributed by atoms with Crippen LogP contribution in [-0.4, -0.2) is 36.5 Å². The molecule has 0 aromatic heterocycles. The summed E-state index contributed by atoms with van der Waals surface area (Å²) >= 11 is 0. The maximum atomic E-state index is 12.4. The molecule has 1 aromatic carbocycles. The number of nitrogens with zero attached hydrogens (tertiary/aromatic N) is 1. The number of carbonyl (C=O) groups is 1. The van der Waals surface area contributed by atoms with Gasteiger partial charge in [-0.05, 0) is 50.7 Å². The molecule has 0 spiro atoms. The summed E-state index contributed by atoms with van der Waals surface area (Å²) in [5.41, 5.74) is 0.829. The third-order valence-electron chi connectivity index (χ3n) is 4.34. The highest BCUT2D eigenvalue weighted by atomic mass is 16.5. The lowest BCUT2D eigenvalue weighted by Crippen LogP contribution is -2.37. The summed E-state index contributed by atoms with van der Waals surface area (Å²) in [6.45, 7) is 11.1. The molecule has 24 heavy (non-hydrogen) atoms. The number of amides is 1. The van der Waals surface area contributed by atoms with Gasteiger partial charge in [0.05, 0.1) is 6.61 Å². The molecule has 1 aromatic rings. The van der Waals surface area contributed by atoms with E-state index in [1.807, 2.05) is 31.2 Å². The number of hydrogen-bond acceptors (Lipinski definition) is 3. The Balaban J connectivity index is 2.59. The predicted molar refractivity (Wildman–Crippen MR) is 102 cm³/mol. The maximum absolute atomic E-state index is 12.4. The molecule has 0 saturated heterocycles. The van der Waals surface area contributed by atoms with Gasteiger partial charge in [-0.2, -0.15) is 0 Å². The van der Waals surface area contributed by atoms with E-state index in [0.717, 1.165) is 30.9 Å². The molecule has 0 aliphatic carbocycles. The monoisotopic (exact) mass is 334 g/mol. The lowest BCUT2D eigenvalue weighted by atomic mass is 10.0. The fourth-order valence-electron chi connectivity index (χ4n) is 3.01. The first-order valence-corrected chi connectivity index (χ1v) is 9.41. The number of ether oxygens (including phenoxy) is 1. The number of anilines is 1. The van der Waals surface area contributed by atoms with Crippen molar-refractivity contribution in [3.05, 3.63) is 24.3 Å². The molecule has 1 N–H and O–H groups in total. The van der Waals surface area contributed by atoms with E-state index in [4.69, 9.17) is 4.74 Å².